The molecule has 0 aromatic heterocycles. The Morgan fingerprint density at radius 1 is 1.47 bits per heavy atom. The first-order valence-electron chi connectivity index (χ1n) is 5.83. The molecule has 0 aromatic carbocycles. The van der Waals surface area contributed by atoms with Crippen LogP contribution in [0.2, 0.25) is 0 Å². The van der Waals surface area contributed by atoms with E-state index in [4.69, 9.17) is 9.94 Å². The molecule has 0 amide bonds. The summed E-state index contributed by atoms with van der Waals surface area (Å²) in [5.74, 6) is 0.888. The number of carbonyl (C=O) groups excluding carboxylic acids is 1. The van der Waals surface area contributed by atoms with Crippen molar-refractivity contribution in [1.82, 2.24) is 5.06 Å². The van der Waals surface area contributed by atoms with Gasteiger partial charge >= 0.3 is 0 Å². The van der Waals surface area contributed by atoms with E-state index in [1.165, 1.54) is 0 Å². The maximum absolute atomic E-state index is 11.3. The molecule has 2 unspecified atom stereocenters. The summed E-state index contributed by atoms with van der Waals surface area (Å²) >= 11 is 0. The molecule has 1 aliphatic carbocycles. The smallest absolute Gasteiger partial charge is 0.133 e. The van der Waals surface area contributed by atoms with Gasteiger partial charge in [0.05, 0.1) is 13.2 Å². The van der Waals surface area contributed by atoms with Crippen molar-refractivity contribution in [3.05, 3.63) is 0 Å². The van der Waals surface area contributed by atoms with Crippen molar-refractivity contribution in [3.63, 3.8) is 0 Å². The van der Waals surface area contributed by atoms with Gasteiger partial charge in [0, 0.05) is 25.4 Å². The van der Waals surface area contributed by atoms with Gasteiger partial charge in [0.15, 0.2) is 0 Å². The molecule has 0 bridgehead atoms. The highest BCUT2D eigenvalue weighted by Gasteiger charge is 2.36. The van der Waals surface area contributed by atoms with Crippen molar-refractivity contribution in [2.75, 3.05) is 19.8 Å². The molecular formula is C11H19NO3. The lowest BCUT2D eigenvalue weighted by molar-refractivity contribution is -0.219. The summed E-state index contributed by atoms with van der Waals surface area (Å²) in [5.41, 5.74) is 0. The van der Waals surface area contributed by atoms with Gasteiger partial charge in [0.1, 0.15) is 5.78 Å². The lowest BCUT2D eigenvalue weighted by Crippen LogP contribution is -2.48. The van der Waals surface area contributed by atoms with Crippen molar-refractivity contribution < 1.29 is 14.7 Å². The van der Waals surface area contributed by atoms with Crippen molar-refractivity contribution in [2.24, 2.45) is 5.92 Å². The number of piperidine rings is 1. The Kier molecular flexibility index (Phi) is 3.72. The lowest BCUT2D eigenvalue weighted by atomic mass is 9.79. The van der Waals surface area contributed by atoms with E-state index in [0.29, 0.717) is 30.8 Å². The molecule has 2 aliphatic rings. The summed E-state index contributed by atoms with van der Waals surface area (Å²) in [5, 5.41) is 10.7. The van der Waals surface area contributed by atoms with Crippen LogP contribution in [0.4, 0.5) is 0 Å². The van der Waals surface area contributed by atoms with Crippen LogP contribution in [0.15, 0.2) is 0 Å². The van der Waals surface area contributed by atoms with Gasteiger partial charge in [-0.05, 0) is 25.2 Å². The maximum atomic E-state index is 11.3. The number of hydroxylamine groups is 2. The van der Waals surface area contributed by atoms with Crippen molar-refractivity contribution >= 4 is 5.78 Å². The number of hydrogen-bond acceptors (Lipinski definition) is 4. The molecule has 15 heavy (non-hydrogen) atoms. The number of aliphatic hydroxyl groups excluding tert-OH is 1. The van der Waals surface area contributed by atoms with Crippen molar-refractivity contribution in [3.8, 4) is 0 Å². The predicted octanol–water partition coefficient (Wildman–Crippen LogP) is 0.744. The van der Waals surface area contributed by atoms with Crippen LogP contribution < -0.4 is 0 Å². The number of hydrogen-bond donors (Lipinski definition) is 1. The van der Waals surface area contributed by atoms with Crippen LogP contribution >= 0.6 is 0 Å². The Hall–Kier alpha value is -0.450. The summed E-state index contributed by atoms with van der Waals surface area (Å²) < 4.78 is 0. The zero-order chi connectivity index (χ0) is 10.7. The SMILES string of the molecule is O=C1CCC2C(CCCN2OCCO)C1. The number of aliphatic hydroxyl groups is 1. The number of nitrogens with zero attached hydrogens (tertiary/aromatic N) is 1. The predicted molar refractivity (Wildman–Crippen MR) is 55.1 cm³/mol. The Labute approximate surface area is 90.2 Å². The summed E-state index contributed by atoms with van der Waals surface area (Å²) in [4.78, 5) is 16.8. The molecule has 1 saturated heterocycles. The number of rotatable bonds is 3. The van der Waals surface area contributed by atoms with E-state index in [-0.39, 0.29) is 6.61 Å². The van der Waals surface area contributed by atoms with Crippen LogP contribution in [0.3, 0.4) is 0 Å². The summed E-state index contributed by atoms with van der Waals surface area (Å²) in [6, 6.07) is 0.406. The first-order chi connectivity index (χ1) is 7.31. The molecule has 0 aromatic rings. The van der Waals surface area contributed by atoms with Crippen LogP contribution in [0.1, 0.15) is 32.1 Å². The average Bonchev–Trinajstić information content (AvgIpc) is 2.25. The number of ketones is 1. The van der Waals surface area contributed by atoms with Crippen LogP contribution in [0.25, 0.3) is 0 Å². The molecule has 0 spiro atoms. The van der Waals surface area contributed by atoms with E-state index < -0.39 is 0 Å². The number of carbonyl (C=O) groups is 1. The normalized spacial score (nSPS) is 32.7. The molecule has 4 heteroatoms. The quantitative estimate of drug-likeness (QED) is 0.751. The van der Waals surface area contributed by atoms with E-state index in [1.54, 1.807) is 0 Å². The zero-order valence-electron chi connectivity index (χ0n) is 9.02. The van der Waals surface area contributed by atoms with E-state index in [2.05, 4.69) is 0 Å². The Balaban J connectivity index is 1.92. The maximum Gasteiger partial charge on any atom is 0.133 e. The van der Waals surface area contributed by atoms with E-state index in [0.717, 1.165) is 32.2 Å². The molecule has 1 saturated carbocycles. The number of fused-ring (bicyclic) bond motifs is 1. The minimum atomic E-state index is 0.0623. The second-order valence-electron chi connectivity index (χ2n) is 4.45. The van der Waals surface area contributed by atoms with E-state index in [9.17, 15) is 4.79 Å². The molecule has 4 nitrogen and oxygen atoms in total. The minimum absolute atomic E-state index is 0.0623. The number of Topliss-reactive ketones (excluding diaryl/α,β-unsaturated/α-hetero) is 1. The first-order valence-corrected chi connectivity index (χ1v) is 5.83. The van der Waals surface area contributed by atoms with E-state index in [1.807, 2.05) is 5.06 Å². The van der Waals surface area contributed by atoms with E-state index >= 15 is 0 Å². The fourth-order valence-corrected chi connectivity index (χ4v) is 2.74. The monoisotopic (exact) mass is 213 g/mol. The standard InChI is InChI=1S/C11H19NO3/c13-6-7-15-12-5-1-2-9-8-10(14)3-4-11(9)12/h9,11,13H,1-8H2. The first kappa shape index (κ1) is 11.0. The molecule has 1 aliphatic heterocycles. The third kappa shape index (κ3) is 2.56. The van der Waals surface area contributed by atoms with Gasteiger partial charge in [-0.25, -0.2) is 0 Å². The van der Waals surface area contributed by atoms with Gasteiger partial charge in [0.25, 0.3) is 0 Å². The van der Waals surface area contributed by atoms with Crippen molar-refractivity contribution in [2.45, 2.75) is 38.1 Å². The average molecular weight is 213 g/mol. The molecule has 2 fully saturated rings. The van der Waals surface area contributed by atoms with Crippen molar-refractivity contribution in [1.29, 1.82) is 0 Å². The summed E-state index contributed by atoms with van der Waals surface area (Å²) in [6.07, 6.45) is 4.59. The second-order valence-corrected chi connectivity index (χ2v) is 4.45. The van der Waals surface area contributed by atoms with Crippen LogP contribution in [-0.4, -0.2) is 41.8 Å². The van der Waals surface area contributed by atoms with Gasteiger partial charge in [-0.1, -0.05) is 0 Å². The highest BCUT2D eigenvalue weighted by molar-refractivity contribution is 5.79. The van der Waals surface area contributed by atoms with Gasteiger partial charge in [-0.15, -0.1) is 0 Å². The largest absolute Gasteiger partial charge is 0.394 e. The fourth-order valence-electron chi connectivity index (χ4n) is 2.74. The molecule has 0 radical (unpaired) electrons. The van der Waals surface area contributed by atoms with Crippen LogP contribution in [0.5, 0.6) is 0 Å². The molecule has 2 atom stereocenters. The third-order valence-electron chi connectivity index (χ3n) is 3.42. The molecule has 2 rings (SSSR count). The minimum Gasteiger partial charge on any atom is -0.394 e. The second kappa shape index (κ2) is 5.05. The Bertz CT molecular complexity index is 232. The highest BCUT2D eigenvalue weighted by Crippen LogP contribution is 2.33. The van der Waals surface area contributed by atoms with Crippen LogP contribution in [-0.2, 0) is 9.63 Å². The van der Waals surface area contributed by atoms with Gasteiger partial charge in [-0.3, -0.25) is 9.63 Å². The van der Waals surface area contributed by atoms with Gasteiger partial charge in [0.2, 0.25) is 0 Å². The topological polar surface area (TPSA) is 49.8 Å². The third-order valence-corrected chi connectivity index (χ3v) is 3.42. The molecule has 1 heterocycles. The molecule has 1 N–H and O–H groups in total. The summed E-state index contributed by atoms with van der Waals surface area (Å²) in [6.45, 7) is 1.37. The molecular weight excluding hydrogens is 194 g/mol. The van der Waals surface area contributed by atoms with Crippen LogP contribution in [0, 0.1) is 5.92 Å². The highest BCUT2D eigenvalue weighted by atomic mass is 16.7. The Morgan fingerprint density at radius 3 is 3.13 bits per heavy atom. The Morgan fingerprint density at radius 2 is 2.33 bits per heavy atom. The summed E-state index contributed by atoms with van der Waals surface area (Å²) in [7, 11) is 0. The zero-order valence-corrected chi connectivity index (χ0v) is 9.02. The lowest BCUT2D eigenvalue weighted by Gasteiger charge is -2.42. The van der Waals surface area contributed by atoms with Gasteiger partial charge in [-0.2, -0.15) is 5.06 Å². The molecule has 86 valence electrons. The van der Waals surface area contributed by atoms with Gasteiger partial charge < -0.3 is 5.11 Å². The fraction of sp³-hybridized carbons (Fsp3) is 0.909.